The zero-order valence-corrected chi connectivity index (χ0v) is 13.0. The van der Waals surface area contributed by atoms with E-state index in [0.717, 1.165) is 19.3 Å². The van der Waals surface area contributed by atoms with Crippen molar-refractivity contribution >= 4 is 11.9 Å². The van der Waals surface area contributed by atoms with E-state index in [4.69, 9.17) is 9.47 Å². The van der Waals surface area contributed by atoms with Crippen LogP contribution in [-0.2, 0) is 19.1 Å². The molecule has 0 aliphatic carbocycles. The fourth-order valence-corrected chi connectivity index (χ4v) is 1.18. The average Bonchev–Trinajstić information content (AvgIpc) is 2.39. The maximum atomic E-state index is 10.5. The van der Waals surface area contributed by atoms with Gasteiger partial charge in [0.1, 0.15) is 0 Å². The lowest BCUT2D eigenvalue weighted by molar-refractivity contribution is -0.143. The van der Waals surface area contributed by atoms with E-state index in [-0.39, 0.29) is 11.9 Å². The van der Waals surface area contributed by atoms with Crippen molar-refractivity contribution in [3.63, 3.8) is 0 Å². The Labute approximate surface area is 117 Å². The third-order valence-corrected chi connectivity index (χ3v) is 2.35. The van der Waals surface area contributed by atoms with Gasteiger partial charge in [0, 0.05) is 13.3 Å². The van der Waals surface area contributed by atoms with Crippen LogP contribution < -0.4 is 0 Å². The highest BCUT2D eigenvalue weighted by Crippen LogP contribution is 1.98. The molecule has 0 atom stereocenters. The molecule has 0 saturated carbocycles. The molecule has 0 bridgehead atoms. The molecule has 0 aliphatic heterocycles. The van der Waals surface area contributed by atoms with Crippen LogP contribution >= 0.6 is 0 Å². The predicted molar refractivity (Wildman–Crippen MR) is 76.9 cm³/mol. The molecule has 4 nitrogen and oxygen atoms in total. The van der Waals surface area contributed by atoms with Crippen molar-refractivity contribution in [1.82, 2.24) is 0 Å². The maximum absolute atomic E-state index is 10.5. The van der Waals surface area contributed by atoms with Crippen LogP contribution in [0.15, 0.2) is 0 Å². The monoisotopic (exact) mass is 274 g/mol. The lowest BCUT2D eigenvalue weighted by Gasteiger charge is -1.99. The second-order valence-electron chi connectivity index (χ2n) is 4.33. The van der Waals surface area contributed by atoms with Crippen LogP contribution in [0.4, 0.5) is 0 Å². The summed E-state index contributed by atoms with van der Waals surface area (Å²) in [6, 6.07) is 0. The molecule has 0 N–H and O–H groups in total. The standard InChI is InChI=1S/C8H16O2.C7H14O2/c1-3-4-5-6-7-10-8(2)9;1-3-5-6-9-7(8)4-2/h3-7H2,1-2H3;3-6H2,1-2H3. The molecule has 0 amide bonds. The number of unbranched alkanes of at least 4 members (excludes halogenated alkanes) is 4. The van der Waals surface area contributed by atoms with Gasteiger partial charge in [0.2, 0.25) is 0 Å². The van der Waals surface area contributed by atoms with Gasteiger partial charge in [0.05, 0.1) is 13.2 Å². The van der Waals surface area contributed by atoms with Crippen molar-refractivity contribution in [1.29, 1.82) is 0 Å². The molecule has 114 valence electrons. The van der Waals surface area contributed by atoms with Gasteiger partial charge >= 0.3 is 11.9 Å². The Kier molecular flexibility index (Phi) is 18.1. The zero-order chi connectivity index (χ0) is 14.9. The Bertz CT molecular complexity index is 214. The maximum Gasteiger partial charge on any atom is 0.305 e. The third-order valence-electron chi connectivity index (χ3n) is 2.35. The van der Waals surface area contributed by atoms with Crippen LogP contribution in [0.1, 0.15) is 72.6 Å². The summed E-state index contributed by atoms with van der Waals surface area (Å²) >= 11 is 0. The Morgan fingerprint density at radius 3 is 1.84 bits per heavy atom. The molecule has 4 heteroatoms. The first-order valence-electron chi connectivity index (χ1n) is 7.37. The van der Waals surface area contributed by atoms with Gasteiger partial charge in [-0.05, 0) is 12.8 Å². The molecular weight excluding hydrogens is 244 g/mol. The summed E-state index contributed by atoms with van der Waals surface area (Å²) in [5, 5.41) is 0. The smallest absolute Gasteiger partial charge is 0.305 e. The van der Waals surface area contributed by atoms with Gasteiger partial charge in [-0.2, -0.15) is 0 Å². The van der Waals surface area contributed by atoms with E-state index in [2.05, 4.69) is 13.8 Å². The minimum Gasteiger partial charge on any atom is -0.466 e. The molecule has 0 aromatic carbocycles. The molecule has 0 saturated heterocycles. The molecule has 0 spiro atoms. The lowest BCUT2D eigenvalue weighted by atomic mass is 10.2. The zero-order valence-electron chi connectivity index (χ0n) is 13.0. The molecule has 0 unspecified atom stereocenters. The molecule has 0 fully saturated rings. The molecule has 0 rings (SSSR count). The molecule has 19 heavy (non-hydrogen) atoms. The Balaban J connectivity index is 0. The first-order chi connectivity index (χ1) is 9.08. The van der Waals surface area contributed by atoms with Crippen molar-refractivity contribution in [3.05, 3.63) is 0 Å². The fraction of sp³-hybridized carbons (Fsp3) is 0.867. The number of carbonyl (C=O) groups is 2. The van der Waals surface area contributed by atoms with Gasteiger partial charge in [0.15, 0.2) is 0 Å². The minimum absolute atomic E-state index is 0.0940. The van der Waals surface area contributed by atoms with Gasteiger partial charge in [-0.15, -0.1) is 0 Å². The van der Waals surface area contributed by atoms with E-state index in [1.54, 1.807) is 6.92 Å². The van der Waals surface area contributed by atoms with E-state index >= 15 is 0 Å². The van der Waals surface area contributed by atoms with Crippen LogP contribution in [0.2, 0.25) is 0 Å². The summed E-state index contributed by atoms with van der Waals surface area (Å²) in [6.45, 7) is 8.65. The Hall–Kier alpha value is -1.06. The van der Waals surface area contributed by atoms with Crippen LogP contribution in [0.5, 0.6) is 0 Å². The van der Waals surface area contributed by atoms with Crippen molar-refractivity contribution in [3.8, 4) is 0 Å². The number of rotatable bonds is 9. The van der Waals surface area contributed by atoms with E-state index < -0.39 is 0 Å². The highest BCUT2D eigenvalue weighted by atomic mass is 16.5. The fourth-order valence-electron chi connectivity index (χ4n) is 1.18. The largest absolute Gasteiger partial charge is 0.466 e. The SMILES string of the molecule is CCCCCCOC(C)=O.CCCCOC(=O)CC. The van der Waals surface area contributed by atoms with E-state index in [9.17, 15) is 9.59 Å². The first-order valence-corrected chi connectivity index (χ1v) is 7.37. The van der Waals surface area contributed by atoms with Gasteiger partial charge in [-0.1, -0.05) is 46.5 Å². The molecule has 0 heterocycles. The van der Waals surface area contributed by atoms with Crippen LogP contribution in [0, 0.1) is 0 Å². The summed E-state index contributed by atoms with van der Waals surface area (Å²) in [5.74, 6) is -0.264. The van der Waals surface area contributed by atoms with Gasteiger partial charge in [-0.3, -0.25) is 9.59 Å². The normalized spacial score (nSPS) is 9.26. The second-order valence-corrected chi connectivity index (χ2v) is 4.33. The molecular formula is C15H30O4. The van der Waals surface area contributed by atoms with Crippen LogP contribution in [-0.4, -0.2) is 25.2 Å². The quantitative estimate of drug-likeness (QED) is 0.473. The first kappa shape index (κ1) is 20.3. The van der Waals surface area contributed by atoms with Crippen LogP contribution in [0.3, 0.4) is 0 Å². The highest BCUT2D eigenvalue weighted by Gasteiger charge is 1.94. The number of esters is 2. The molecule has 0 aromatic heterocycles. The van der Waals surface area contributed by atoms with Crippen molar-refractivity contribution < 1.29 is 19.1 Å². The van der Waals surface area contributed by atoms with E-state index in [1.165, 1.54) is 26.2 Å². The Morgan fingerprint density at radius 2 is 1.37 bits per heavy atom. The number of ether oxygens (including phenoxy) is 2. The third kappa shape index (κ3) is 22.6. The van der Waals surface area contributed by atoms with Gasteiger partial charge in [-0.25, -0.2) is 0 Å². The summed E-state index contributed by atoms with van der Waals surface area (Å²) in [5.41, 5.74) is 0. The second kappa shape index (κ2) is 16.9. The summed E-state index contributed by atoms with van der Waals surface area (Å²) in [7, 11) is 0. The molecule has 0 radical (unpaired) electrons. The van der Waals surface area contributed by atoms with Crippen molar-refractivity contribution in [2.45, 2.75) is 72.6 Å². The molecule has 0 aromatic rings. The minimum atomic E-state index is -0.170. The van der Waals surface area contributed by atoms with E-state index in [0.29, 0.717) is 19.6 Å². The summed E-state index contributed by atoms with van der Waals surface area (Å²) < 4.78 is 9.54. The summed E-state index contributed by atoms with van der Waals surface area (Å²) in [6.07, 6.45) is 7.19. The predicted octanol–water partition coefficient (Wildman–Crippen LogP) is 3.87. The van der Waals surface area contributed by atoms with Crippen LogP contribution in [0.25, 0.3) is 0 Å². The number of hydrogen-bond donors (Lipinski definition) is 0. The van der Waals surface area contributed by atoms with Gasteiger partial charge < -0.3 is 9.47 Å². The number of carbonyl (C=O) groups excluding carboxylic acids is 2. The van der Waals surface area contributed by atoms with Gasteiger partial charge in [0.25, 0.3) is 0 Å². The lowest BCUT2D eigenvalue weighted by Crippen LogP contribution is -2.02. The topological polar surface area (TPSA) is 52.6 Å². The highest BCUT2D eigenvalue weighted by molar-refractivity contribution is 5.68. The summed E-state index contributed by atoms with van der Waals surface area (Å²) in [4.78, 5) is 20.7. The van der Waals surface area contributed by atoms with E-state index in [1.807, 2.05) is 0 Å². The Morgan fingerprint density at radius 1 is 0.789 bits per heavy atom. The van der Waals surface area contributed by atoms with Crippen molar-refractivity contribution in [2.75, 3.05) is 13.2 Å². The average molecular weight is 274 g/mol. The number of hydrogen-bond acceptors (Lipinski definition) is 4. The molecule has 0 aliphatic rings. The van der Waals surface area contributed by atoms with Crippen molar-refractivity contribution in [2.24, 2.45) is 0 Å².